The van der Waals surface area contributed by atoms with Crippen molar-refractivity contribution in [2.45, 2.75) is 63.0 Å². The Morgan fingerprint density at radius 1 is 1.13 bits per heavy atom. The van der Waals surface area contributed by atoms with Crippen molar-refractivity contribution in [3.63, 3.8) is 0 Å². The van der Waals surface area contributed by atoms with E-state index in [2.05, 4.69) is 16.7 Å². The summed E-state index contributed by atoms with van der Waals surface area (Å²) in [6.45, 7) is 5.69. The van der Waals surface area contributed by atoms with Crippen LogP contribution >= 0.6 is 11.6 Å². The van der Waals surface area contributed by atoms with Gasteiger partial charge in [-0.1, -0.05) is 43.9 Å². The number of nitrogens with zero attached hydrogens (tertiary/aromatic N) is 2. The van der Waals surface area contributed by atoms with Crippen LogP contribution in [0.3, 0.4) is 0 Å². The van der Waals surface area contributed by atoms with Gasteiger partial charge in [-0.25, -0.2) is 8.42 Å². The monoisotopic (exact) mass is 577 g/mol. The molecule has 1 amide bonds. The molecule has 0 radical (unpaired) electrons. The Hall–Kier alpha value is -2.33. The number of anilines is 1. The first-order valence-corrected chi connectivity index (χ1v) is 15.6. The Kier molecular flexibility index (Phi) is 9.80. The summed E-state index contributed by atoms with van der Waals surface area (Å²) in [5.41, 5.74) is 0.458. The maximum Gasteiger partial charge on any atom is 0.262 e. The summed E-state index contributed by atoms with van der Waals surface area (Å²) in [5.74, 6) is 0.498. The molecule has 3 atom stereocenters. The summed E-state index contributed by atoms with van der Waals surface area (Å²) in [6.07, 6.45) is 6.02. The highest BCUT2D eigenvalue weighted by Gasteiger charge is 2.35. The van der Waals surface area contributed by atoms with E-state index < -0.39 is 16.1 Å². The Labute approximate surface area is 237 Å². The molecule has 0 aromatic heterocycles. The highest BCUT2D eigenvalue weighted by atomic mass is 35.5. The molecule has 2 aromatic rings. The van der Waals surface area contributed by atoms with E-state index in [-0.39, 0.29) is 46.4 Å². The molecule has 0 unspecified atom stereocenters. The molecule has 10 heteroatoms. The van der Waals surface area contributed by atoms with E-state index in [0.29, 0.717) is 24.0 Å². The lowest BCUT2D eigenvalue weighted by atomic mass is 9.89. The fraction of sp³-hybridized carbons (Fsp3) is 0.552. The molecular weight excluding hydrogens is 538 g/mol. The number of para-hydroxylation sites is 1. The summed E-state index contributed by atoms with van der Waals surface area (Å²) in [5, 5.41) is 10.3. The number of fused-ring (bicyclic) bond motifs is 1. The molecule has 1 saturated carbocycles. The minimum atomic E-state index is -3.97. The second-order valence-electron chi connectivity index (χ2n) is 11.1. The lowest BCUT2D eigenvalue weighted by molar-refractivity contribution is 0.0333. The number of carbonyl (C=O) groups excluding carboxylic acids is 1. The third-order valence-corrected chi connectivity index (χ3v) is 9.48. The zero-order valence-corrected chi connectivity index (χ0v) is 24.5. The molecule has 1 aliphatic carbocycles. The van der Waals surface area contributed by atoms with Crippen molar-refractivity contribution < 1.29 is 23.1 Å². The number of halogens is 1. The standard InChI is InChI=1S/C29H40ClN3O5S/c1-20-16-33(21(2)19-34)29(35)25-10-7-11-26(31-39(36,37)24-14-12-23(30)13-15-24)28(25)38-27(20)18-32(3)17-22-8-5-4-6-9-22/h7,10-15,20-22,27,31,34H,4-6,8-9,16-19H2,1-3H3/t20-,21-,27-/m1/s1. The van der Waals surface area contributed by atoms with Crippen molar-refractivity contribution in [2.24, 2.45) is 11.8 Å². The SMILES string of the molecule is C[C@@H]1CN([C@H](C)CO)C(=O)c2cccc(NS(=O)(=O)c3ccc(Cl)cc3)c2O[C@@H]1CN(C)CC1CCCCC1. The molecule has 1 aliphatic heterocycles. The van der Waals surface area contributed by atoms with Gasteiger partial charge in [0, 0.05) is 30.6 Å². The second kappa shape index (κ2) is 12.9. The highest BCUT2D eigenvalue weighted by Crippen LogP contribution is 2.36. The maximum atomic E-state index is 13.7. The summed E-state index contributed by atoms with van der Waals surface area (Å²) < 4.78 is 35.7. The number of likely N-dealkylation sites (N-methyl/N-ethyl adjacent to an activating group) is 1. The normalized spacial score (nSPS) is 21.6. The topological polar surface area (TPSA) is 99.2 Å². The van der Waals surface area contributed by atoms with Gasteiger partial charge in [0.05, 0.1) is 28.8 Å². The number of rotatable bonds is 9. The average Bonchev–Trinajstić information content (AvgIpc) is 2.91. The average molecular weight is 578 g/mol. The van der Waals surface area contributed by atoms with E-state index in [9.17, 15) is 18.3 Å². The van der Waals surface area contributed by atoms with Gasteiger partial charge >= 0.3 is 0 Å². The van der Waals surface area contributed by atoms with Crippen LogP contribution in [0.15, 0.2) is 47.4 Å². The van der Waals surface area contributed by atoms with Crippen molar-refractivity contribution in [3.8, 4) is 5.75 Å². The number of nitrogens with one attached hydrogen (secondary N) is 1. The summed E-state index contributed by atoms with van der Waals surface area (Å²) in [7, 11) is -1.88. The molecule has 1 heterocycles. The number of ether oxygens (including phenoxy) is 1. The van der Waals surface area contributed by atoms with Crippen LogP contribution in [-0.2, 0) is 10.0 Å². The van der Waals surface area contributed by atoms with E-state index >= 15 is 0 Å². The van der Waals surface area contributed by atoms with Gasteiger partial charge in [-0.15, -0.1) is 0 Å². The van der Waals surface area contributed by atoms with Crippen LogP contribution in [0.1, 0.15) is 56.3 Å². The zero-order chi connectivity index (χ0) is 28.2. The first-order valence-electron chi connectivity index (χ1n) is 13.8. The smallest absolute Gasteiger partial charge is 0.262 e. The molecule has 1 fully saturated rings. The van der Waals surface area contributed by atoms with E-state index in [0.717, 1.165) is 6.54 Å². The summed E-state index contributed by atoms with van der Waals surface area (Å²) >= 11 is 5.95. The van der Waals surface area contributed by atoms with Gasteiger partial charge in [0.15, 0.2) is 5.75 Å². The van der Waals surface area contributed by atoms with Crippen molar-refractivity contribution in [1.82, 2.24) is 9.80 Å². The molecule has 8 nitrogen and oxygen atoms in total. The van der Waals surface area contributed by atoms with Gasteiger partial charge in [0.2, 0.25) is 0 Å². The first kappa shape index (κ1) is 29.6. The van der Waals surface area contributed by atoms with E-state index in [1.807, 2.05) is 13.8 Å². The van der Waals surface area contributed by atoms with Crippen LogP contribution in [-0.4, -0.2) is 74.7 Å². The molecule has 0 saturated heterocycles. The third-order valence-electron chi connectivity index (χ3n) is 7.85. The Morgan fingerprint density at radius 2 is 1.82 bits per heavy atom. The van der Waals surface area contributed by atoms with Crippen molar-refractivity contribution in [2.75, 3.05) is 38.0 Å². The lowest BCUT2D eigenvalue weighted by Crippen LogP contribution is -2.50. The molecule has 0 spiro atoms. The van der Waals surface area contributed by atoms with Gasteiger partial charge in [0.25, 0.3) is 15.9 Å². The number of hydrogen-bond acceptors (Lipinski definition) is 6. The molecule has 39 heavy (non-hydrogen) atoms. The number of aliphatic hydroxyl groups is 1. The number of benzene rings is 2. The third kappa shape index (κ3) is 7.25. The molecular formula is C29H40ClN3O5S. The fourth-order valence-corrected chi connectivity index (χ4v) is 6.74. The second-order valence-corrected chi connectivity index (χ2v) is 13.2. The van der Waals surface area contributed by atoms with Crippen LogP contribution in [0.4, 0.5) is 5.69 Å². The Morgan fingerprint density at radius 3 is 2.49 bits per heavy atom. The van der Waals surface area contributed by atoms with Crippen molar-refractivity contribution >= 4 is 33.2 Å². The number of aliphatic hydroxyl groups excluding tert-OH is 1. The largest absolute Gasteiger partial charge is 0.486 e. The summed E-state index contributed by atoms with van der Waals surface area (Å²) in [4.78, 5) is 17.7. The fourth-order valence-electron chi connectivity index (χ4n) is 5.55. The van der Waals surface area contributed by atoms with Crippen molar-refractivity contribution in [3.05, 3.63) is 53.1 Å². The van der Waals surface area contributed by atoms with Crippen molar-refractivity contribution in [1.29, 1.82) is 0 Å². The van der Waals surface area contributed by atoms with Crippen LogP contribution in [0, 0.1) is 11.8 Å². The molecule has 2 N–H and O–H groups in total. The molecule has 2 aliphatic rings. The van der Waals surface area contributed by atoms with Gasteiger partial charge in [-0.3, -0.25) is 9.52 Å². The van der Waals surface area contributed by atoms with Gasteiger partial charge < -0.3 is 19.6 Å². The highest BCUT2D eigenvalue weighted by molar-refractivity contribution is 7.92. The number of carbonyl (C=O) groups is 1. The minimum Gasteiger partial charge on any atom is -0.486 e. The van der Waals surface area contributed by atoms with Crippen LogP contribution in [0.25, 0.3) is 0 Å². The van der Waals surface area contributed by atoms with Crippen LogP contribution < -0.4 is 9.46 Å². The van der Waals surface area contributed by atoms with Gasteiger partial charge in [0.1, 0.15) is 6.10 Å². The van der Waals surface area contributed by atoms with Crippen LogP contribution in [0.2, 0.25) is 5.02 Å². The number of amides is 1. The van der Waals surface area contributed by atoms with Gasteiger partial charge in [-0.05, 0) is 69.1 Å². The molecule has 214 valence electrons. The van der Waals surface area contributed by atoms with E-state index in [1.54, 1.807) is 23.1 Å². The predicted molar refractivity (Wildman–Crippen MR) is 154 cm³/mol. The minimum absolute atomic E-state index is 0.0503. The zero-order valence-electron chi connectivity index (χ0n) is 23.0. The lowest BCUT2D eigenvalue weighted by Gasteiger charge is -2.39. The molecule has 2 aromatic carbocycles. The number of hydrogen-bond donors (Lipinski definition) is 2. The predicted octanol–water partition coefficient (Wildman–Crippen LogP) is 4.87. The summed E-state index contributed by atoms with van der Waals surface area (Å²) in [6, 6.07) is 10.4. The number of sulfonamides is 1. The van der Waals surface area contributed by atoms with Gasteiger partial charge in [-0.2, -0.15) is 0 Å². The molecule has 4 rings (SSSR count). The van der Waals surface area contributed by atoms with Crippen LogP contribution in [0.5, 0.6) is 5.75 Å². The Bertz CT molecular complexity index is 1230. The maximum absolute atomic E-state index is 13.7. The molecule has 0 bridgehead atoms. The quantitative estimate of drug-likeness (QED) is 0.441. The van der Waals surface area contributed by atoms with E-state index in [1.165, 1.54) is 56.4 Å². The first-order chi connectivity index (χ1) is 18.6. The Balaban J connectivity index is 1.68. The van der Waals surface area contributed by atoms with E-state index in [4.69, 9.17) is 16.3 Å².